The lowest BCUT2D eigenvalue weighted by Gasteiger charge is -2.34. The number of hydrogen-bond acceptors (Lipinski definition) is 3. The van der Waals surface area contributed by atoms with Gasteiger partial charge in [0.05, 0.1) is 16.1 Å². The van der Waals surface area contributed by atoms with Gasteiger partial charge in [0.15, 0.2) is 4.84 Å². The fourth-order valence-electron chi connectivity index (χ4n) is 3.09. The fraction of sp³-hybridized carbons (Fsp3) is 0.588. The molecule has 1 fully saturated rings. The molecule has 0 aromatic heterocycles. The monoisotopic (exact) mass is 496 g/mol. The Morgan fingerprint density at radius 1 is 1.15 bits per heavy atom. The normalized spacial score (nSPS) is 21.0. The summed E-state index contributed by atoms with van der Waals surface area (Å²) in [7, 11) is 1.70. The molecule has 3 unspecified atom stereocenters. The molecule has 1 N–H and O–H groups in total. The third kappa shape index (κ3) is 7.41. The van der Waals surface area contributed by atoms with Crippen molar-refractivity contribution >= 4 is 82.2 Å². The summed E-state index contributed by atoms with van der Waals surface area (Å²) in [6.07, 6.45) is 4.43. The van der Waals surface area contributed by atoms with E-state index in [0.717, 1.165) is 37.8 Å². The van der Waals surface area contributed by atoms with E-state index in [1.807, 2.05) is 6.07 Å². The number of alkyl halides is 3. The smallest absolute Gasteiger partial charge is 0.411 e. The molecule has 1 aromatic rings. The number of nitrogens with one attached hydrogen (secondary N) is 1. The van der Waals surface area contributed by atoms with Gasteiger partial charge >= 0.3 is 6.09 Å². The van der Waals surface area contributed by atoms with Gasteiger partial charge in [-0.25, -0.2) is 4.79 Å². The number of ether oxygens (including phenoxy) is 1. The first-order valence-electron chi connectivity index (χ1n) is 8.37. The third-order valence-electron chi connectivity index (χ3n) is 4.45. The minimum Gasteiger partial charge on any atom is -0.427 e. The van der Waals surface area contributed by atoms with Crippen LogP contribution < -0.4 is 5.32 Å². The number of hydrogen-bond donors (Lipinski definition) is 1. The number of carbonyl (C=O) groups excluding carboxylic acids is 1. The van der Waals surface area contributed by atoms with Gasteiger partial charge in [0, 0.05) is 18.8 Å². The van der Waals surface area contributed by atoms with E-state index < -0.39 is 16.5 Å². The van der Waals surface area contributed by atoms with E-state index in [4.69, 9.17) is 62.7 Å². The van der Waals surface area contributed by atoms with Crippen molar-refractivity contribution in [3.8, 4) is 0 Å². The second-order valence-electron chi connectivity index (χ2n) is 6.27. The predicted octanol–water partition coefficient (Wildman–Crippen LogP) is 6.97. The Hall–Kier alpha value is 0.0300. The van der Waals surface area contributed by atoms with Crippen molar-refractivity contribution in [1.82, 2.24) is 4.90 Å². The summed E-state index contributed by atoms with van der Waals surface area (Å²) in [4.78, 5) is 13.0. The molecule has 3 atom stereocenters. The number of rotatable bonds is 5. The first-order valence-corrected chi connectivity index (χ1v) is 10.4. The lowest BCUT2D eigenvalue weighted by atomic mass is 10.0. The molecule has 0 saturated heterocycles. The molecule has 154 valence electrons. The van der Waals surface area contributed by atoms with Crippen LogP contribution in [0, 0.1) is 0 Å². The van der Waals surface area contributed by atoms with E-state index >= 15 is 0 Å². The lowest BCUT2D eigenvalue weighted by Crippen LogP contribution is -2.48. The predicted molar refractivity (Wildman–Crippen MR) is 117 cm³/mol. The van der Waals surface area contributed by atoms with Crippen LogP contribution >= 0.6 is 70.4 Å². The summed E-state index contributed by atoms with van der Waals surface area (Å²) in [5.41, 5.74) is -0.240. The number of halogens is 6. The Morgan fingerprint density at radius 2 is 1.81 bits per heavy atom. The Balaban J connectivity index is 0.00000364. The largest absolute Gasteiger partial charge is 0.427 e. The van der Waals surface area contributed by atoms with Crippen LogP contribution in [0.4, 0.5) is 10.5 Å². The minimum atomic E-state index is -1.10. The van der Waals surface area contributed by atoms with Crippen molar-refractivity contribution in [3.05, 3.63) is 28.2 Å². The summed E-state index contributed by atoms with van der Waals surface area (Å²) in [5.74, 6) is 0. The zero-order chi connectivity index (χ0) is 19.3. The first-order chi connectivity index (χ1) is 12.3. The van der Waals surface area contributed by atoms with Gasteiger partial charge in [-0.1, -0.05) is 77.3 Å². The molecule has 0 bridgehead atoms. The highest BCUT2D eigenvalue weighted by atomic mass is 35.5. The zero-order valence-electron chi connectivity index (χ0n) is 14.6. The highest BCUT2D eigenvalue weighted by Gasteiger charge is 2.32. The SMILES string of the molecule is CN(C(=O)OC(Cl)C(Cl)Cl)C1CCCCCC1Nc1ccc(Cl)c(Cl)c1.Cl. The topological polar surface area (TPSA) is 41.6 Å². The van der Waals surface area contributed by atoms with Gasteiger partial charge in [0.25, 0.3) is 0 Å². The highest BCUT2D eigenvalue weighted by molar-refractivity contribution is 6.48. The van der Waals surface area contributed by atoms with Gasteiger partial charge < -0.3 is 15.0 Å². The Bertz CT molecular complexity index is 619. The van der Waals surface area contributed by atoms with E-state index in [1.165, 1.54) is 0 Å². The highest BCUT2D eigenvalue weighted by Crippen LogP contribution is 2.29. The summed E-state index contributed by atoms with van der Waals surface area (Å²) in [6.45, 7) is 0. The molecule has 0 radical (unpaired) electrons. The number of benzene rings is 1. The van der Waals surface area contributed by atoms with Gasteiger partial charge in [-0.15, -0.1) is 12.4 Å². The van der Waals surface area contributed by atoms with Crippen molar-refractivity contribution in [2.24, 2.45) is 0 Å². The van der Waals surface area contributed by atoms with Crippen LogP contribution in [0.15, 0.2) is 18.2 Å². The molecule has 0 aliphatic heterocycles. The van der Waals surface area contributed by atoms with Crippen LogP contribution in [-0.2, 0) is 4.74 Å². The second kappa shape index (κ2) is 11.9. The molecular weight excluding hydrogens is 477 g/mol. The molecule has 4 nitrogen and oxygen atoms in total. The summed E-state index contributed by atoms with van der Waals surface area (Å²) < 4.78 is 5.12. The molecule has 2 rings (SSSR count). The quantitative estimate of drug-likeness (QED) is 0.352. The molecular formula is C17H22Cl6N2O2. The molecule has 1 aliphatic rings. The standard InChI is InChI=1S/C17H21Cl5N2O2.ClH/c1-24(17(25)26-16(22)15(20)21)14-6-4-2-3-5-13(14)23-10-7-8-11(18)12(19)9-10;/h7-9,13-16,23H,2-6H2,1H3;1H. The van der Waals surface area contributed by atoms with Crippen molar-refractivity contribution in [2.45, 2.75) is 54.6 Å². The van der Waals surface area contributed by atoms with Gasteiger partial charge in [-0.05, 0) is 31.0 Å². The second-order valence-corrected chi connectivity index (χ2v) is 8.67. The van der Waals surface area contributed by atoms with E-state index in [1.54, 1.807) is 24.1 Å². The first kappa shape index (κ1) is 25.1. The molecule has 1 aliphatic carbocycles. The zero-order valence-corrected chi connectivity index (χ0v) is 19.2. The van der Waals surface area contributed by atoms with Crippen molar-refractivity contribution in [2.75, 3.05) is 12.4 Å². The average Bonchev–Trinajstić information content (AvgIpc) is 2.82. The van der Waals surface area contributed by atoms with Crippen LogP contribution in [-0.4, -0.2) is 40.5 Å². The van der Waals surface area contributed by atoms with Gasteiger partial charge in [0.1, 0.15) is 0 Å². The summed E-state index contributed by atoms with van der Waals surface area (Å²) in [6, 6.07) is 5.38. The average molecular weight is 499 g/mol. The maximum absolute atomic E-state index is 12.4. The van der Waals surface area contributed by atoms with E-state index in [0.29, 0.717) is 10.0 Å². The number of anilines is 1. The number of amides is 1. The number of likely N-dealkylation sites (N-methyl/N-ethyl adjacent to an activating group) is 1. The third-order valence-corrected chi connectivity index (χ3v) is 6.24. The molecule has 0 heterocycles. The van der Waals surface area contributed by atoms with Gasteiger partial charge in [-0.3, -0.25) is 0 Å². The van der Waals surface area contributed by atoms with Crippen LogP contribution in [0.5, 0.6) is 0 Å². The van der Waals surface area contributed by atoms with Crippen molar-refractivity contribution in [3.63, 3.8) is 0 Å². The van der Waals surface area contributed by atoms with E-state index in [-0.39, 0.29) is 24.5 Å². The van der Waals surface area contributed by atoms with E-state index in [2.05, 4.69) is 5.32 Å². The van der Waals surface area contributed by atoms with Crippen molar-refractivity contribution < 1.29 is 9.53 Å². The Kier molecular flexibility index (Phi) is 11.0. The van der Waals surface area contributed by atoms with Crippen LogP contribution in [0.3, 0.4) is 0 Å². The minimum absolute atomic E-state index is 0. The van der Waals surface area contributed by atoms with Gasteiger partial charge in [-0.2, -0.15) is 0 Å². The Labute approximate surface area is 191 Å². The van der Waals surface area contributed by atoms with Crippen LogP contribution in [0.1, 0.15) is 32.1 Å². The maximum Gasteiger partial charge on any atom is 0.411 e. The van der Waals surface area contributed by atoms with Gasteiger partial charge in [0.2, 0.25) is 5.56 Å². The molecule has 1 saturated carbocycles. The fourth-order valence-corrected chi connectivity index (χ4v) is 3.56. The van der Waals surface area contributed by atoms with E-state index in [9.17, 15) is 4.79 Å². The number of carbonyl (C=O) groups is 1. The lowest BCUT2D eigenvalue weighted by molar-refractivity contribution is 0.0842. The van der Waals surface area contributed by atoms with Crippen molar-refractivity contribution in [1.29, 1.82) is 0 Å². The molecule has 27 heavy (non-hydrogen) atoms. The number of nitrogens with zero attached hydrogens (tertiary/aromatic N) is 1. The maximum atomic E-state index is 12.4. The Morgan fingerprint density at radius 3 is 2.44 bits per heavy atom. The molecule has 1 aromatic carbocycles. The summed E-state index contributed by atoms with van der Waals surface area (Å²) in [5, 5.41) is 4.45. The molecule has 1 amide bonds. The summed E-state index contributed by atoms with van der Waals surface area (Å²) >= 11 is 29.2. The van der Waals surface area contributed by atoms with Crippen LogP contribution in [0.2, 0.25) is 10.0 Å². The molecule has 0 spiro atoms. The van der Waals surface area contributed by atoms with Crippen LogP contribution in [0.25, 0.3) is 0 Å². The molecule has 10 heteroatoms.